The second kappa shape index (κ2) is 5.34. The average molecular weight is 290 g/mol. The van der Waals surface area contributed by atoms with E-state index in [1.54, 1.807) is 30.3 Å². The number of sulfonamides is 1. The fourth-order valence-electron chi connectivity index (χ4n) is 1.72. The molecule has 0 aliphatic heterocycles. The maximum Gasteiger partial charge on any atom is 0.264 e. The highest BCUT2D eigenvalue weighted by Gasteiger charge is 2.21. The van der Waals surface area contributed by atoms with E-state index in [2.05, 4.69) is 0 Å². The van der Waals surface area contributed by atoms with E-state index < -0.39 is 16.0 Å². The zero-order valence-corrected chi connectivity index (χ0v) is 11.5. The first kappa shape index (κ1) is 14.1. The topological polar surface area (TPSA) is 77.5 Å². The van der Waals surface area contributed by atoms with Crippen LogP contribution >= 0.6 is 0 Å². The number of hydrogen-bond donors (Lipinski definition) is 0. The first-order valence-electron chi connectivity index (χ1n) is 5.78. The van der Waals surface area contributed by atoms with E-state index in [1.807, 2.05) is 0 Å². The first-order valence-corrected chi connectivity index (χ1v) is 7.22. The summed E-state index contributed by atoms with van der Waals surface area (Å²) in [6, 6.07) is 13.6. The molecule has 0 spiro atoms. The molecule has 0 aromatic heterocycles. The van der Waals surface area contributed by atoms with Crippen LogP contribution in [0.25, 0.3) is 0 Å². The molecule has 5 nitrogen and oxygen atoms in total. The summed E-state index contributed by atoms with van der Waals surface area (Å²) in [4.78, 5) is 10.7. The smallest absolute Gasteiger partial charge is 0.264 e. The lowest BCUT2D eigenvalue weighted by Gasteiger charge is -2.19. The van der Waals surface area contributed by atoms with E-state index in [1.165, 1.54) is 25.2 Å². The molecule has 2 aromatic rings. The first-order chi connectivity index (χ1) is 9.43. The number of carboxylic acids is 1. The lowest BCUT2D eigenvalue weighted by Crippen LogP contribution is -2.27. The molecule has 0 aliphatic rings. The van der Waals surface area contributed by atoms with E-state index in [-0.39, 0.29) is 10.5 Å². The molecule has 0 unspecified atom stereocenters. The SMILES string of the molecule is CN(c1ccccc1)S(=O)(=O)c1cccc(C(=O)[O-])c1. The number of carbonyl (C=O) groups excluding carboxylic acids is 1. The third-order valence-electron chi connectivity index (χ3n) is 2.85. The largest absolute Gasteiger partial charge is 0.545 e. The number of aromatic carboxylic acids is 1. The Morgan fingerprint density at radius 1 is 1.05 bits per heavy atom. The maximum absolute atomic E-state index is 12.4. The Hall–Kier alpha value is -2.34. The fourth-order valence-corrected chi connectivity index (χ4v) is 2.96. The minimum Gasteiger partial charge on any atom is -0.545 e. The van der Waals surface area contributed by atoms with Crippen molar-refractivity contribution in [3.63, 3.8) is 0 Å². The van der Waals surface area contributed by atoms with Gasteiger partial charge in [0.05, 0.1) is 16.6 Å². The van der Waals surface area contributed by atoms with Gasteiger partial charge >= 0.3 is 0 Å². The molecule has 20 heavy (non-hydrogen) atoms. The lowest BCUT2D eigenvalue weighted by molar-refractivity contribution is -0.255. The summed E-state index contributed by atoms with van der Waals surface area (Å²) >= 11 is 0. The van der Waals surface area contributed by atoms with Gasteiger partial charge in [-0.1, -0.05) is 30.3 Å². The van der Waals surface area contributed by atoms with Gasteiger partial charge in [-0.25, -0.2) is 8.42 Å². The van der Waals surface area contributed by atoms with Crippen molar-refractivity contribution >= 4 is 21.7 Å². The van der Waals surface area contributed by atoms with Gasteiger partial charge in [0.25, 0.3) is 10.0 Å². The van der Waals surface area contributed by atoms with Gasteiger partial charge in [-0.05, 0) is 29.8 Å². The van der Waals surface area contributed by atoms with Gasteiger partial charge in [0.2, 0.25) is 0 Å². The highest BCUT2D eigenvalue weighted by Crippen LogP contribution is 2.22. The van der Waals surface area contributed by atoms with E-state index in [4.69, 9.17) is 0 Å². The highest BCUT2D eigenvalue weighted by atomic mass is 32.2. The van der Waals surface area contributed by atoms with Crippen LogP contribution < -0.4 is 9.41 Å². The second-order valence-electron chi connectivity index (χ2n) is 4.12. The van der Waals surface area contributed by atoms with Gasteiger partial charge in [-0.2, -0.15) is 0 Å². The fraction of sp³-hybridized carbons (Fsp3) is 0.0714. The van der Waals surface area contributed by atoms with E-state index in [0.717, 1.165) is 10.4 Å². The van der Waals surface area contributed by atoms with Crippen molar-refractivity contribution in [3.05, 3.63) is 60.2 Å². The number of para-hydroxylation sites is 1. The summed E-state index contributed by atoms with van der Waals surface area (Å²) in [7, 11) is -2.39. The molecule has 0 aliphatic carbocycles. The van der Waals surface area contributed by atoms with Gasteiger partial charge in [0.15, 0.2) is 0 Å². The maximum atomic E-state index is 12.4. The predicted octanol–water partition coefficient (Wildman–Crippen LogP) is 0.875. The van der Waals surface area contributed by atoms with Gasteiger partial charge in [-0.3, -0.25) is 4.31 Å². The highest BCUT2D eigenvalue weighted by molar-refractivity contribution is 7.92. The van der Waals surface area contributed by atoms with Crippen LogP contribution in [0.1, 0.15) is 10.4 Å². The molecule has 2 aromatic carbocycles. The number of carboxylic acid groups (broad SMARTS) is 1. The molecule has 2 rings (SSSR count). The molecule has 0 amide bonds. The van der Waals surface area contributed by atoms with Crippen LogP contribution in [0.4, 0.5) is 5.69 Å². The summed E-state index contributed by atoms with van der Waals surface area (Å²) in [5.41, 5.74) is 0.318. The quantitative estimate of drug-likeness (QED) is 0.837. The normalized spacial score (nSPS) is 11.1. The van der Waals surface area contributed by atoms with Crippen molar-refractivity contribution in [1.82, 2.24) is 0 Å². The number of hydrogen-bond acceptors (Lipinski definition) is 4. The standard InChI is InChI=1S/C14H13NO4S/c1-15(12-7-3-2-4-8-12)20(18,19)13-9-5-6-11(10-13)14(16)17/h2-10H,1H3,(H,16,17)/p-1. The minimum atomic E-state index is -3.81. The van der Waals surface area contributed by atoms with Crippen molar-refractivity contribution in [2.24, 2.45) is 0 Å². The Bertz CT molecular complexity index is 726. The Kier molecular flexibility index (Phi) is 3.76. The van der Waals surface area contributed by atoms with E-state index >= 15 is 0 Å². The Labute approximate surface area is 117 Å². The van der Waals surface area contributed by atoms with E-state index in [0.29, 0.717) is 5.69 Å². The van der Waals surface area contributed by atoms with Crippen LogP contribution in [-0.4, -0.2) is 21.4 Å². The van der Waals surface area contributed by atoms with Gasteiger partial charge in [0, 0.05) is 7.05 Å². The number of nitrogens with zero attached hydrogens (tertiary/aromatic N) is 1. The Morgan fingerprint density at radius 3 is 2.30 bits per heavy atom. The molecular weight excluding hydrogens is 278 g/mol. The van der Waals surface area contributed by atoms with Gasteiger partial charge in [0.1, 0.15) is 0 Å². The van der Waals surface area contributed by atoms with Crippen LogP contribution in [0.15, 0.2) is 59.5 Å². The number of carbonyl (C=O) groups is 1. The van der Waals surface area contributed by atoms with Crippen molar-refractivity contribution < 1.29 is 18.3 Å². The van der Waals surface area contributed by atoms with Crippen LogP contribution in [0.2, 0.25) is 0 Å². The number of benzene rings is 2. The monoisotopic (exact) mass is 290 g/mol. The van der Waals surface area contributed by atoms with Crippen LogP contribution in [0.3, 0.4) is 0 Å². The molecule has 0 saturated carbocycles. The van der Waals surface area contributed by atoms with Gasteiger partial charge < -0.3 is 9.90 Å². The molecule has 0 saturated heterocycles. The van der Waals surface area contributed by atoms with Crippen LogP contribution in [0, 0.1) is 0 Å². The number of rotatable bonds is 4. The van der Waals surface area contributed by atoms with Gasteiger partial charge in [-0.15, -0.1) is 0 Å². The third kappa shape index (κ3) is 2.65. The van der Waals surface area contributed by atoms with Crippen molar-refractivity contribution in [3.8, 4) is 0 Å². The molecule has 0 heterocycles. The zero-order chi connectivity index (χ0) is 14.8. The van der Waals surface area contributed by atoms with Crippen LogP contribution in [0.5, 0.6) is 0 Å². The average Bonchev–Trinajstić information content (AvgIpc) is 2.47. The summed E-state index contributed by atoms with van der Waals surface area (Å²) in [6.07, 6.45) is 0. The Balaban J connectivity index is 2.45. The lowest BCUT2D eigenvalue weighted by atomic mass is 10.2. The van der Waals surface area contributed by atoms with Crippen molar-refractivity contribution in [1.29, 1.82) is 0 Å². The van der Waals surface area contributed by atoms with Crippen LogP contribution in [-0.2, 0) is 10.0 Å². The summed E-state index contributed by atoms with van der Waals surface area (Å²) in [5.74, 6) is -1.41. The minimum absolute atomic E-state index is 0.0921. The molecular formula is C14H12NO4S-. The summed E-state index contributed by atoms with van der Waals surface area (Å²) in [6.45, 7) is 0. The number of anilines is 1. The third-order valence-corrected chi connectivity index (χ3v) is 4.63. The van der Waals surface area contributed by atoms with E-state index in [9.17, 15) is 18.3 Å². The van der Waals surface area contributed by atoms with Crippen molar-refractivity contribution in [2.75, 3.05) is 11.4 Å². The second-order valence-corrected chi connectivity index (χ2v) is 6.09. The molecule has 6 heteroatoms. The molecule has 0 atom stereocenters. The molecule has 0 N–H and O–H groups in total. The summed E-state index contributed by atoms with van der Waals surface area (Å²) in [5, 5.41) is 10.8. The molecule has 0 radical (unpaired) electrons. The van der Waals surface area contributed by atoms with Crippen molar-refractivity contribution in [2.45, 2.75) is 4.90 Å². The molecule has 104 valence electrons. The predicted molar refractivity (Wildman–Crippen MR) is 72.8 cm³/mol. The summed E-state index contributed by atoms with van der Waals surface area (Å²) < 4.78 is 25.9. The Morgan fingerprint density at radius 2 is 1.70 bits per heavy atom. The zero-order valence-electron chi connectivity index (χ0n) is 10.7. The molecule has 0 fully saturated rings. The molecule has 0 bridgehead atoms.